The van der Waals surface area contributed by atoms with Crippen LogP contribution < -0.4 is 15.0 Å². The minimum Gasteiger partial charge on any atom is -0.467 e. The summed E-state index contributed by atoms with van der Waals surface area (Å²) in [5, 5.41) is 3.68. The Labute approximate surface area is 130 Å². The van der Waals surface area contributed by atoms with E-state index in [9.17, 15) is 0 Å². The summed E-state index contributed by atoms with van der Waals surface area (Å²) in [6, 6.07) is 10.2. The van der Waals surface area contributed by atoms with E-state index in [4.69, 9.17) is 4.74 Å². The van der Waals surface area contributed by atoms with E-state index in [2.05, 4.69) is 44.5 Å². The lowest BCUT2D eigenvalue weighted by atomic mass is 10.0. The number of anilines is 1. The molecule has 0 amide bonds. The molecule has 2 saturated heterocycles. The maximum Gasteiger partial charge on any atom is 0.316 e. The maximum absolute atomic E-state index is 5.05. The standard InChI is InChI=1S/C17H20N4O/c1-22-17-18-8-12(9-19-17)15-4-2-3-5-16(15)21-10-13-6-7-14(11-21)20-13/h2-5,8-9,13-14,20H,6-7,10-11H2,1H3. The highest BCUT2D eigenvalue weighted by Gasteiger charge is 2.32. The number of nitrogens with one attached hydrogen (secondary N) is 1. The van der Waals surface area contributed by atoms with E-state index in [1.165, 1.54) is 24.1 Å². The minimum absolute atomic E-state index is 0.404. The van der Waals surface area contributed by atoms with Crippen LogP contribution in [-0.2, 0) is 0 Å². The number of benzene rings is 1. The van der Waals surface area contributed by atoms with Crippen molar-refractivity contribution in [1.29, 1.82) is 0 Å². The number of methoxy groups -OCH3 is 1. The lowest BCUT2D eigenvalue weighted by Crippen LogP contribution is -2.51. The van der Waals surface area contributed by atoms with Gasteiger partial charge < -0.3 is 15.0 Å². The highest BCUT2D eigenvalue weighted by molar-refractivity contribution is 5.78. The van der Waals surface area contributed by atoms with Crippen molar-refractivity contribution in [2.75, 3.05) is 25.1 Å². The molecule has 5 heteroatoms. The molecular formula is C17H20N4O. The number of hydrogen-bond acceptors (Lipinski definition) is 5. The number of aromatic nitrogens is 2. The smallest absolute Gasteiger partial charge is 0.316 e. The highest BCUT2D eigenvalue weighted by atomic mass is 16.5. The third kappa shape index (κ3) is 2.41. The Morgan fingerprint density at radius 1 is 1.09 bits per heavy atom. The predicted octanol–water partition coefficient (Wildman–Crippen LogP) is 2.09. The Balaban J connectivity index is 1.68. The van der Waals surface area contributed by atoms with Gasteiger partial charge in [-0.1, -0.05) is 18.2 Å². The number of hydrogen-bond donors (Lipinski definition) is 1. The second-order valence-corrected chi connectivity index (χ2v) is 6.02. The fourth-order valence-corrected chi connectivity index (χ4v) is 3.55. The van der Waals surface area contributed by atoms with Crippen LogP contribution in [0.1, 0.15) is 12.8 Å². The summed E-state index contributed by atoms with van der Waals surface area (Å²) < 4.78 is 5.05. The van der Waals surface area contributed by atoms with Gasteiger partial charge in [0.15, 0.2) is 0 Å². The quantitative estimate of drug-likeness (QED) is 0.940. The van der Waals surface area contributed by atoms with Gasteiger partial charge in [0, 0.05) is 54.4 Å². The first-order chi connectivity index (χ1) is 10.8. The predicted molar refractivity (Wildman–Crippen MR) is 86.2 cm³/mol. The first-order valence-corrected chi connectivity index (χ1v) is 7.80. The summed E-state index contributed by atoms with van der Waals surface area (Å²) in [4.78, 5) is 11.0. The topological polar surface area (TPSA) is 50.3 Å². The number of piperazine rings is 1. The maximum atomic E-state index is 5.05. The van der Waals surface area contributed by atoms with Crippen molar-refractivity contribution in [1.82, 2.24) is 15.3 Å². The van der Waals surface area contributed by atoms with Crippen molar-refractivity contribution >= 4 is 5.69 Å². The van der Waals surface area contributed by atoms with Gasteiger partial charge in [0.2, 0.25) is 0 Å². The van der Waals surface area contributed by atoms with Gasteiger partial charge >= 0.3 is 6.01 Å². The van der Waals surface area contributed by atoms with E-state index in [0.717, 1.165) is 18.7 Å². The molecule has 1 N–H and O–H groups in total. The van der Waals surface area contributed by atoms with Crippen molar-refractivity contribution in [2.24, 2.45) is 0 Å². The molecule has 2 fully saturated rings. The van der Waals surface area contributed by atoms with E-state index < -0.39 is 0 Å². The average molecular weight is 296 g/mol. The second-order valence-electron chi connectivity index (χ2n) is 6.02. The molecule has 4 rings (SSSR count). The molecule has 1 aromatic heterocycles. The van der Waals surface area contributed by atoms with Crippen molar-refractivity contribution in [3.05, 3.63) is 36.7 Å². The van der Waals surface area contributed by atoms with Gasteiger partial charge in [-0.15, -0.1) is 0 Å². The van der Waals surface area contributed by atoms with Crippen molar-refractivity contribution < 1.29 is 4.74 Å². The van der Waals surface area contributed by atoms with Crippen LogP contribution in [0.3, 0.4) is 0 Å². The third-order valence-electron chi connectivity index (χ3n) is 4.58. The largest absolute Gasteiger partial charge is 0.467 e. The summed E-state index contributed by atoms with van der Waals surface area (Å²) in [6.07, 6.45) is 6.24. The van der Waals surface area contributed by atoms with E-state index in [1.54, 1.807) is 7.11 Å². The molecule has 0 radical (unpaired) electrons. The zero-order valence-corrected chi connectivity index (χ0v) is 12.7. The number of rotatable bonds is 3. The lowest BCUT2D eigenvalue weighted by Gasteiger charge is -2.35. The Hall–Kier alpha value is -2.14. The monoisotopic (exact) mass is 296 g/mol. The Bertz CT molecular complexity index is 646. The number of ether oxygens (including phenoxy) is 1. The normalized spacial score (nSPS) is 23.6. The van der Waals surface area contributed by atoms with E-state index >= 15 is 0 Å². The molecule has 2 atom stereocenters. The Morgan fingerprint density at radius 3 is 2.45 bits per heavy atom. The Morgan fingerprint density at radius 2 is 1.77 bits per heavy atom. The van der Waals surface area contributed by atoms with Gasteiger partial charge in [0.1, 0.15) is 0 Å². The van der Waals surface area contributed by atoms with Gasteiger partial charge in [-0.25, -0.2) is 9.97 Å². The summed E-state index contributed by atoms with van der Waals surface area (Å²) >= 11 is 0. The van der Waals surface area contributed by atoms with Gasteiger partial charge in [-0.2, -0.15) is 0 Å². The lowest BCUT2D eigenvalue weighted by molar-refractivity contribution is 0.380. The zero-order chi connectivity index (χ0) is 14.9. The van der Waals surface area contributed by atoms with Crippen LogP contribution in [0.5, 0.6) is 6.01 Å². The molecule has 2 aromatic rings. The molecule has 2 bridgehead atoms. The van der Waals surface area contributed by atoms with Crippen LogP contribution >= 0.6 is 0 Å². The molecule has 3 heterocycles. The van der Waals surface area contributed by atoms with Crippen molar-refractivity contribution in [3.8, 4) is 17.1 Å². The van der Waals surface area contributed by atoms with Gasteiger partial charge in [0.25, 0.3) is 0 Å². The molecule has 22 heavy (non-hydrogen) atoms. The second kappa shape index (κ2) is 5.57. The summed E-state index contributed by atoms with van der Waals surface area (Å²) in [5.41, 5.74) is 3.49. The van der Waals surface area contributed by atoms with Gasteiger partial charge in [0.05, 0.1) is 7.11 Å². The average Bonchev–Trinajstić information content (AvgIpc) is 2.93. The molecule has 1 aromatic carbocycles. The van der Waals surface area contributed by atoms with E-state index in [-0.39, 0.29) is 0 Å². The molecule has 0 spiro atoms. The number of nitrogens with zero attached hydrogens (tertiary/aromatic N) is 3. The van der Waals surface area contributed by atoms with Crippen LogP contribution in [0.15, 0.2) is 36.7 Å². The number of para-hydroxylation sites is 1. The van der Waals surface area contributed by atoms with E-state index in [0.29, 0.717) is 18.1 Å². The summed E-state index contributed by atoms with van der Waals surface area (Å²) in [7, 11) is 1.58. The molecule has 2 aliphatic rings. The summed E-state index contributed by atoms with van der Waals surface area (Å²) in [6.45, 7) is 2.15. The fourth-order valence-electron chi connectivity index (χ4n) is 3.55. The highest BCUT2D eigenvalue weighted by Crippen LogP contribution is 2.33. The summed E-state index contributed by atoms with van der Waals surface area (Å²) in [5.74, 6) is 0. The van der Waals surface area contributed by atoms with E-state index in [1.807, 2.05) is 12.4 Å². The van der Waals surface area contributed by atoms with Crippen LogP contribution in [-0.4, -0.2) is 42.3 Å². The molecule has 0 aliphatic carbocycles. The van der Waals surface area contributed by atoms with Crippen LogP contribution in [0, 0.1) is 0 Å². The number of fused-ring (bicyclic) bond motifs is 2. The van der Waals surface area contributed by atoms with Crippen molar-refractivity contribution in [2.45, 2.75) is 24.9 Å². The fraction of sp³-hybridized carbons (Fsp3) is 0.412. The third-order valence-corrected chi connectivity index (χ3v) is 4.58. The SMILES string of the molecule is COc1ncc(-c2ccccc2N2CC3CCC(C2)N3)cn1. The minimum atomic E-state index is 0.404. The van der Waals surface area contributed by atoms with Crippen LogP contribution in [0.4, 0.5) is 5.69 Å². The molecule has 2 aliphatic heterocycles. The van der Waals surface area contributed by atoms with Crippen molar-refractivity contribution in [3.63, 3.8) is 0 Å². The first-order valence-electron chi connectivity index (χ1n) is 7.80. The first kappa shape index (κ1) is 13.5. The molecular weight excluding hydrogens is 276 g/mol. The van der Waals surface area contributed by atoms with Crippen LogP contribution in [0.2, 0.25) is 0 Å². The molecule has 0 saturated carbocycles. The zero-order valence-electron chi connectivity index (χ0n) is 12.7. The molecule has 5 nitrogen and oxygen atoms in total. The molecule has 2 unspecified atom stereocenters. The molecule has 114 valence electrons. The van der Waals surface area contributed by atoms with Gasteiger partial charge in [-0.3, -0.25) is 0 Å². The Kier molecular flexibility index (Phi) is 3.42. The van der Waals surface area contributed by atoms with Gasteiger partial charge in [-0.05, 0) is 18.9 Å². The van der Waals surface area contributed by atoms with Crippen LogP contribution in [0.25, 0.3) is 11.1 Å².